The number of nitrogens with one attached hydrogen (secondary N) is 1. The number of H-pyrrole nitrogens is 1. The van der Waals surface area contributed by atoms with Crippen molar-refractivity contribution < 1.29 is 4.42 Å². The largest absolute Gasteiger partial charge is 0.469 e. The molecule has 8 heteroatoms. The average Bonchev–Trinajstić information content (AvgIpc) is 2.97. The van der Waals surface area contributed by atoms with Gasteiger partial charge >= 0.3 is 0 Å². The molecule has 0 atom stereocenters. The Bertz CT molecular complexity index is 811. The molecule has 1 N–H and O–H groups in total. The van der Waals surface area contributed by atoms with E-state index in [2.05, 4.69) is 15.3 Å². The Morgan fingerprint density at radius 2 is 2.39 bits per heavy atom. The van der Waals surface area contributed by atoms with Crippen LogP contribution < -0.4 is 5.56 Å². The summed E-state index contributed by atoms with van der Waals surface area (Å²) in [5, 5.41) is 10.7. The van der Waals surface area contributed by atoms with E-state index in [-0.39, 0.29) is 5.56 Å². The normalized spacial score (nSPS) is 11.2. The molecule has 3 aromatic rings. The zero-order chi connectivity index (χ0) is 12.7. The molecule has 3 aromatic heterocycles. The number of aryl methyl sites for hydroxylation is 1. The lowest BCUT2D eigenvalue weighted by atomic mass is 10.2. The van der Waals surface area contributed by atoms with Crippen LogP contribution in [0.3, 0.4) is 0 Å². The van der Waals surface area contributed by atoms with Crippen LogP contribution in [0.1, 0.15) is 11.5 Å². The van der Waals surface area contributed by atoms with E-state index in [1.54, 1.807) is 25.4 Å². The summed E-state index contributed by atoms with van der Waals surface area (Å²) in [7, 11) is 1.63. The molecule has 0 saturated heterocycles. The van der Waals surface area contributed by atoms with Crippen molar-refractivity contribution in [3.05, 3.63) is 45.0 Å². The van der Waals surface area contributed by atoms with Crippen molar-refractivity contribution in [3.8, 4) is 0 Å². The summed E-state index contributed by atoms with van der Waals surface area (Å²) in [5.74, 6) is 1.06. The molecule has 0 aromatic carbocycles. The highest BCUT2D eigenvalue weighted by molar-refractivity contribution is 7.71. The number of nitrogens with zero attached hydrogens (tertiary/aromatic N) is 4. The minimum atomic E-state index is -0.215. The van der Waals surface area contributed by atoms with Crippen LogP contribution in [0, 0.1) is 4.77 Å². The number of fused-ring (bicyclic) bond motifs is 1. The van der Waals surface area contributed by atoms with Gasteiger partial charge in [-0.15, -0.1) is 5.10 Å². The minimum absolute atomic E-state index is 0.215. The van der Waals surface area contributed by atoms with Crippen molar-refractivity contribution in [1.82, 2.24) is 24.4 Å². The second kappa shape index (κ2) is 3.91. The second-order valence-corrected chi connectivity index (χ2v) is 4.19. The van der Waals surface area contributed by atoms with Crippen LogP contribution in [-0.2, 0) is 13.5 Å². The number of hydrogen-bond donors (Lipinski definition) is 1. The molecule has 0 aliphatic carbocycles. The van der Waals surface area contributed by atoms with Gasteiger partial charge in [-0.1, -0.05) is 0 Å². The van der Waals surface area contributed by atoms with Gasteiger partial charge in [-0.3, -0.25) is 9.36 Å². The third kappa shape index (κ3) is 1.58. The van der Waals surface area contributed by atoms with Gasteiger partial charge in [0.15, 0.2) is 0 Å². The number of furan rings is 1. The molecule has 0 radical (unpaired) electrons. The maximum absolute atomic E-state index is 12.1. The Morgan fingerprint density at radius 3 is 3.11 bits per heavy atom. The molecule has 7 nitrogen and oxygen atoms in total. The maximum Gasteiger partial charge on any atom is 0.277 e. The van der Waals surface area contributed by atoms with E-state index in [9.17, 15) is 4.79 Å². The van der Waals surface area contributed by atoms with E-state index in [1.807, 2.05) is 0 Å². The van der Waals surface area contributed by atoms with Gasteiger partial charge < -0.3 is 4.42 Å². The highest BCUT2D eigenvalue weighted by Gasteiger charge is 2.12. The molecule has 0 saturated carbocycles. The highest BCUT2D eigenvalue weighted by Crippen LogP contribution is 2.05. The van der Waals surface area contributed by atoms with Crippen LogP contribution in [0.15, 0.2) is 27.6 Å². The standard InChI is InChI=1S/C10H9N5O2S/c1-14-8(16)7(5-6-3-2-4-17-6)13-15-9(14)11-12-10(15)18/h2-4H,5H2,1H3,(H,12,18). The van der Waals surface area contributed by atoms with Crippen LogP contribution in [0.5, 0.6) is 0 Å². The van der Waals surface area contributed by atoms with Crippen molar-refractivity contribution in [2.75, 3.05) is 0 Å². The maximum atomic E-state index is 12.1. The summed E-state index contributed by atoms with van der Waals surface area (Å²) < 4.78 is 8.38. The molecule has 0 spiro atoms. The Balaban J connectivity index is 2.23. The molecular formula is C10H9N5O2S. The first kappa shape index (κ1) is 10.9. The van der Waals surface area contributed by atoms with Crippen LogP contribution in [0.4, 0.5) is 0 Å². The van der Waals surface area contributed by atoms with E-state index < -0.39 is 0 Å². The fourth-order valence-electron chi connectivity index (χ4n) is 1.73. The van der Waals surface area contributed by atoms with Gasteiger partial charge in [0, 0.05) is 7.05 Å². The zero-order valence-electron chi connectivity index (χ0n) is 9.45. The van der Waals surface area contributed by atoms with Crippen LogP contribution in [-0.4, -0.2) is 24.4 Å². The lowest BCUT2D eigenvalue weighted by Crippen LogP contribution is -2.26. The first-order valence-electron chi connectivity index (χ1n) is 5.22. The lowest BCUT2D eigenvalue weighted by molar-refractivity contribution is 0.515. The molecule has 0 aliphatic rings. The molecular weight excluding hydrogens is 254 g/mol. The van der Waals surface area contributed by atoms with Crippen molar-refractivity contribution in [1.29, 1.82) is 0 Å². The third-order valence-electron chi connectivity index (χ3n) is 2.63. The summed E-state index contributed by atoms with van der Waals surface area (Å²) in [6, 6.07) is 3.56. The second-order valence-electron chi connectivity index (χ2n) is 3.81. The van der Waals surface area contributed by atoms with Crippen molar-refractivity contribution in [2.24, 2.45) is 7.05 Å². The topological polar surface area (TPSA) is 81.1 Å². The Morgan fingerprint density at radius 1 is 1.56 bits per heavy atom. The van der Waals surface area contributed by atoms with Gasteiger partial charge in [-0.05, 0) is 24.4 Å². The molecule has 0 unspecified atom stereocenters. The van der Waals surface area contributed by atoms with E-state index in [0.29, 0.717) is 28.4 Å². The fourth-order valence-corrected chi connectivity index (χ4v) is 1.90. The number of rotatable bonds is 2. The van der Waals surface area contributed by atoms with E-state index in [4.69, 9.17) is 16.6 Å². The number of aromatic nitrogens is 5. The molecule has 0 amide bonds. The Hall–Kier alpha value is -2.22. The van der Waals surface area contributed by atoms with Gasteiger partial charge in [0.25, 0.3) is 11.3 Å². The van der Waals surface area contributed by atoms with Crippen molar-refractivity contribution in [2.45, 2.75) is 6.42 Å². The van der Waals surface area contributed by atoms with Gasteiger partial charge in [0.1, 0.15) is 11.5 Å². The number of aromatic amines is 1. The smallest absolute Gasteiger partial charge is 0.277 e. The fraction of sp³-hybridized carbons (Fsp3) is 0.200. The molecule has 92 valence electrons. The van der Waals surface area contributed by atoms with E-state index in [0.717, 1.165) is 0 Å². The average molecular weight is 263 g/mol. The molecule has 3 rings (SSSR count). The van der Waals surface area contributed by atoms with Crippen LogP contribution in [0.2, 0.25) is 0 Å². The summed E-state index contributed by atoms with van der Waals surface area (Å²) in [6.07, 6.45) is 1.88. The first-order chi connectivity index (χ1) is 8.66. The van der Waals surface area contributed by atoms with Gasteiger partial charge in [0.2, 0.25) is 4.77 Å². The highest BCUT2D eigenvalue weighted by atomic mass is 32.1. The summed E-state index contributed by atoms with van der Waals surface area (Å²) in [4.78, 5) is 12.1. The van der Waals surface area contributed by atoms with Gasteiger partial charge in [-0.2, -0.15) is 9.61 Å². The van der Waals surface area contributed by atoms with Gasteiger partial charge in [0.05, 0.1) is 12.7 Å². The summed E-state index contributed by atoms with van der Waals surface area (Å²) in [5.41, 5.74) is 0.144. The van der Waals surface area contributed by atoms with Crippen LogP contribution >= 0.6 is 12.2 Å². The van der Waals surface area contributed by atoms with Crippen molar-refractivity contribution >= 4 is 18.0 Å². The predicted octanol–water partition coefficient (Wildman–Crippen LogP) is 0.669. The van der Waals surface area contributed by atoms with Gasteiger partial charge in [-0.25, -0.2) is 5.10 Å². The molecule has 0 fully saturated rings. The van der Waals surface area contributed by atoms with Crippen LogP contribution in [0.25, 0.3) is 5.78 Å². The zero-order valence-corrected chi connectivity index (χ0v) is 10.3. The lowest BCUT2D eigenvalue weighted by Gasteiger charge is -2.02. The van der Waals surface area contributed by atoms with E-state index in [1.165, 1.54) is 9.08 Å². The quantitative estimate of drug-likeness (QED) is 0.687. The Kier molecular flexibility index (Phi) is 2.37. The van der Waals surface area contributed by atoms with E-state index >= 15 is 0 Å². The third-order valence-corrected chi connectivity index (χ3v) is 2.89. The van der Waals surface area contributed by atoms with Crippen molar-refractivity contribution in [3.63, 3.8) is 0 Å². The first-order valence-corrected chi connectivity index (χ1v) is 5.63. The molecule has 0 bridgehead atoms. The predicted molar refractivity (Wildman–Crippen MR) is 64.9 cm³/mol. The molecule has 18 heavy (non-hydrogen) atoms. The molecule has 0 aliphatic heterocycles. The number of hydrogen-bond acceptors (Lipinski definition) is 5. The molecule has 3 heterocycles. The Labute approximate surface area is 106 Å². The summed E-state index contributed by atoms with van der Waals surface area (Å²) >= 11 is 5.04. The SMILES string of the molecule is Cn1c(=O)c(Cc2ccco2)nn2c(=S)[nH]nc12. The minimum Gasteiger partial charge on any atom is -0.469 e. The summed E-state index contributed by atoms with van der Waals surface area (Å²) in [6.45, 7) is 0. The monoisotopic (exact) mass is 263 g/mol.